The van der Waals surface area contributed by atoms with E-state index in [2.05, 4.69) is 6.92 Å². The standard InChI is InChI=1S/C32H34FNO5S2/c1-32-19-18-27-26-14-13-23(20-22(26)12-15-28(27)29(32)16-17-31(32)35)30(21-33)34(40(36,37)24-8-4-2-5-9-24)41(38,39)25-10-6-3-7-11-25/h2-11,13-14,20,27-30H,12,15-19,21H2,1H3/t27-,28-,29+,30?,32+/m1/s1. The Kier molecular flexibility index (Phi) is 7.19. The van der Waals surface area contributed by atoms with Crippen LogP contribution in [-0.4, -0.2) is 33.0 Å². The lowest BCUT2D eigenvalue weighted by Gasteiger charge is -2.48. The number of halogens is 1. The van der Waals surface area contributed by atoms with Crippen LogP contribution in [0.15, 0.2) is 88.7 Å². The Morgan fingerprint density at radius 1 is 0.854 bits per heavy atom. The number of alkyl halides is 1. The zero-order valence-electron chi connectivity index (χ0n) is 22.9. The number of hydrogen-bond acceptors (Lipinski definition) is 5. The van der Waals surface area contributed by atoms with E-state index < -0.39 is 32.8 Å². The summed E-state index contributed by atoms with van der Waals surface area (Å²) in [6, 6.07) is 18.4. The van der Waals surface area contributed by atoms with E-state index in [-0.39, 0.29) is 21.1 Å². The number of ketones is 1. The Hall–Kier alpha value is -2.88. The first-order chi connectivity index (χ1) is 19.6. The van der Waals surface area contributed by atoms with Gasteiger partial charge < -0.3 is 0 Å². The molecule has 2 saturated carbocycles. The molecule has 0 aromatic heterocycles. The number of fused-ring (bicyclic) bond motifs is 5. The van der Waals surface area contributed by atoms with Crippen molar-refractivity contribution in [1.82, 2.24) is 3.71 Å². The third-order valence-electron chi connectivity index (χ3n) is 9.80. The number of aryl methyl sites for hydroxylation is 1. The molecule has 1 unspecified atom stereocenters. The van der Waals surface area contributed by atoms with Gasteiger partial charge in [0, 0.05) is 11.8 Å². The molecule has 0 radical (unpaired) electrons. The number of nitrogens with zero attached hydrogens (tertiary/aromatic N) is 1. The van der Waals surface area contributed by atoms with Crippen LogP contribution in [-0.2, 0) is 31.3 Å². The molecule has 0 N–H and O–H groups in total. The first-order valence-corrected chi connectivity index (χ1v) is 17.1. The van der Waals surface area contributed by atoms with Crippen LogP contribution in [0, 0.1) is 17.3 Å². The van der Waals surface area contributed by atoms with Crippen LogP contribution in [0.4, 0.5) is 4.39 Å². The van der Waals surface area contributed by atoms with Gasteiger partial charge in [0.1, 0.15) is 12.5 Å². The molecule has 6 nitrogen and oxygen atoms in total. The van der Waals surface area contributed by atoms with Gasteiger partial charge in [-0.2, -0.15) is 0 Å². The van der Waals surface area contributed by atoms with Gasteiger partial charge in [-0.3, -0.25) is 4.79 Å². The Bertz CT molecular complexity index is 1610. The first-order valence-electron chi connectivity index (χ1n) is 14.2. The zero-order chi connectivity index (χ0) is 29.0. The Morgan fingerprint density at radius 2 is 1.46 bits per heavy atom. The number of carbonyl (C=O) groups excluding carboxylic acids is 1. The summed E-state index contributed by atoms with van der Waals surface area (Å²) in [5.41, 5.74) is 2.23. The molecule has 0 amide bonds. The van der Waals surface area contributed by atoms with Crippen molar-refractivity contribution in [2.45, 2.75) is 67.2 Å². The quantitative estimate of drug-likeness (QED) is 0.325. The molecule has 0 aliphatic heterocycles. The number of hydrogen-bond donors (Lipinski definition) is 0. The first kappa shape index (κ1) is 28.2. The third-order valence-corrected chi connectivity index (χ3v) is 14.2. The second-order valence-electron chi connectivity index (χ2n) is 11.8. The second kappa shape index (κ2) is 10.4. The topological polar surface area (TPSA) is 88.6 Å². The summed E-state index contributed by atoms with van der Waals surface area (Å²) >= 11 is 0. The number of sulfonamides is 2. The summed E-state index contributed by atoms with van der Waals surface area (Å²) in [5.74, 6) is 1.44. The molecule has 0 saturated heterocycles. The van der Waals surface area contributed by atoms with Gasteiger partial charge in [0.2, 0.25) is 0 Å². The molecule has 0 heterocycles. The van der Waals surface area contributed by atoms with Crippen molar-refractivity contribution in [3.8, 4) is 0 Å². The molecule has 2 fully saturated rings. The van der Waals surface area contributed by atoms with Crippen LogP contribution >= 0.6 is 0 Å². The summed E-state index contributed by atoms with van der Waals surface area (Å²) in [5, 5.41) is 0. The summed E-state index contributed by atoms with van der Waals surface area (Å²) in [6.07, 6.45) is 4.96. The van der Waals surface area contributed by atoms with Gasteiger partial charge in [-0.25, -0.2) is 21.2 Å². The van der Waals surface area contributed by atoms with Crippen molar-refractivity contribution in [3.05, 3.63) is 95.6 Å². The smallest absolute Gasteiger partial charge is 0.257 e. The van der Waals surface area contributed by atoms with E-state index in [4.69, 9.17) is 0 Å². The minimum absolute atomic E-state index is 0.227. The van der Waals surface area contributed by atoms with Gasteiger partial charge in [-0.05, 0) is 90.8 Å². The van der Waals surface area contributed by atoms with Crippen LogP contribution in [0.5, 0.6) is 0 Å². The van der Waals surface area contributed by atoms with Crippen LogP contribution in [0.1, 0.15) is 67.7 Å². The fourth-order valence-corrected chi connectivity index (χ4v) is 11.7. The number of Topliss-reactive ketones (excluding diaryl/α,β-unsaturated/α-hetero) is 1. The van der Waals surface area contributed by atoms with Gasteiger partial charge in [0.25, 0.3) is 20.0 Å². The summed E-state index contributed by atoms with van der Waals surface area (Å²) < 4.78 is 71.0. The highest BCUT2D eigenvalue weighted by molar-refractivity contribution is 8.04. The zero-order valence-corrected chi connectivity index (χ0v) is 24.6. The molecule has 3 aromatic rings. The Labute approximate surface area is 241 Å². The highest BCUT2D eigenvalue weighted by Crippen LogP contribution is 2.59. The minimum atomic E-state index is -4.66. The summed E-state index contributed by atoms with van der Waals surface area (Å²) in [4.78, 5) is 12.2. The Morgan fingerprint density at radius 3 is 2.05 bits per heavy atom. The highest BCUT2D eigenvalue weighted by Gasteiger charge is 2.54. The van der Waals surface area contributed by atoms with Crippen molar-refractivity contribution in [2.24, 2.45) is 17.3 Å². The summed E-state index contributed by atoms with van der Waals surface area (Å²) in [7, 11) is -9.31. The largest absolute Gasteiger partial charge is 0.299 e. The molecule has 6 rings (SSSR count). The average Bonchev–Trinajstić information content (AvgIpc) is 3.30. The normalized spacial score (nSPS) is 26.7. The van der Waals surface area contributed by atoms with Gasteiger partial charge in [-0.15, -0.1) is 0 Å². The SMILES string of the molecule is C[C@]12CC[C@@H]3c4ccc(C(CF)N(S(=O)(=O)c5ccccc5)S(=O)(=O)c5ccccc5)cc4CC[C@H]3[C@@H]1CCC2=O. The molecule has 0 bridgehead atoms. The van der Waals surface area contributed by atoms with E-state index in [1.165, 1.54) is 48.5 Å². The number of rotatable bonds is 7. The summed E-state index contributed by atoms with van der Waals surface area (Å²) in [6.45, 7) is 0.911. The predicted octanol–water partition coefficient (Wildman–Crippen LogP) is 6.20. The van der Waals surface area contributed by atoms with E-state index in [0.29, 0.717) is 33.3 Å². The second-order valence-corrected chi connectivity index (χ2v) is 15.7. The van der Waals surface area contributed by atoms with E-state index in [1.54, 1.807) is 24.3 Å². The van der Waals surface area contributed by atoms with E-state index in [9.17, 15) is 21.6 Å². The third kappa shape index (κ3) is 4.57. The van der Waals surface area contributed by atoms with E-state index in [0.717, 1.165) is 43.2 Å². The molecular weight excluding hydrogens is 561 g/mol. The van der Waals surface area contributed by atoms with E-state index >= 15 is 4.39 Å². The lowest BCUT2D eigenvalue weighted by Crippen LogP contribution is -2.42. The van der Waals surface area contributed by atoms with Crippen LogP contribution in [0.25, 0.3) is 0 Å². The molecule has 216 valence electrons. The molecule has 0 spiro atoms. The molecule has 3 aliphatic carbocycles. The van der Waals surface area contributed by atoms with Gasteiger partial charge in [0.15, 0.2) is 0 Å². The minimum Gasteiger partial charge on any atom is -0.299 e. The fraction of sp³-hybridized carbons (Fsp3) is 0.406. The van der Waals surface area contributed by atoms with Crippen LogP contribution in [0.3, 0.4) is 0 Å². The van der Waals surface area contributed by atoms with Crippen LogP contribution in [0.2, 0.25) is 0 Å². The van der Waals surface area contributed by atoms with Crippen molar-refractivity contribution in [3.63, 3.8) is 0 Å². The number of benzene rings is 3. The van der Waals surface area contributed by atoms with Crippen molar-refractivity contribution in [2.75, 3.05) is 6.67 Å². The molecule has 5 atom stereocenters. The maximum absolute atomic E-state index is 15.0. The van der Waals surface area contributed by atoms with Gasteiger partial charge >= 0.3 is 0 Å². The van der Waals surface area contributed by atoms with Crippen molar-refractivity contribution >= 4 is 25.8 Å². The van der Waals surface area contributed by atoms with E-state index in [1.807, 2.05) is 6.07 Å². The lowest BCUT2D eigenvalue weighted by molar-refractivity contribution is -0.129. The lowest BCUT2D eigenvalue weighted by atomic mass is 9.55. The molecule has 9 heteroatoms. The highest BCUT2D eigenvalue weighted by atomic mass is 32.3. The fourth-order valence-electron chi connectivity index (χ4n) is 7.70. The molecule has 41 heavy (non-hydrogen) atoms. The van der Waals surface area contributed by atoms with Gasteiger partial charge in [0.05, 0.1) is 15.8 Å². The van der Waals surface area contributed by atoms with Gasteiger partial charge in [-0.1, -0.05) is 65.2 Å². The maximum atomic E-state index is 15.0. The number of carbonyl (C=O) groups is 1. The molecular formula is C32H34FNO5S2. The molecule has 3 aliphatic rings. The maximum Gasteiger partial charge on any atom is 0.257 e. The van der Waals surface area contributed by atoms with Crippen LogP contribution < -0.4 is 0 Å². The Balaban J connectivity index is 1.41. The average molecular weight is 596 g/mol. The van der Waals surface area contributed by atoms with Crippen molar-refractivity contribution < 1.29 is 26.0 Å². The predicted molar refractivity (Wildman–Crippen MR) is 154 cm³/mol. The molecule has 3 aromatic carbocycles. The van der Waals surface area contributed by atoms with Crippen molar-refractivity contribution in [1.29, 1.82) is 0 Å². The monoisotopic (exact) mass is 595 g/mol.